The molecule has 0 N–H and O–H groups in total. The van der Waals surface area contributed by atoms with Gasteiger partial charge in [0.25, 0.3) is 0 Å². The Morgan fingerprint density at radius 3 is 1.18 bits per heavy atom. The van der Waals surface area contributed by atoms with Gasteiger partial charge in [0, 0.05) is 21.8 Å². The first kappa shape index (κ1) is 19.0. The molecule has 0 fully saturated rings. The fourth-order valence-corrected chi connectivity index (χ4v) is 3.75. The number of pyridine rings is 2. The Labute approximate surface area is 182 Å². The average Bonchev–Trinajstić information content (AvgIpc) is 2.79. The van der Waals surface area contributed by atoms with Crippen molar-refractivity contribution in [1.82, 2.24) is 9.97 Å². The molecule has 0 radical (unpaired) electrons. The highest BCUT2D eigenvalue weighted by molar-refractivity contribution is 9.08. The molecule has 0 aliphatic heterocycles. The molecule has 0 saturated heterocycles. The average molecular weight is 494 g/mol. The Hall–Kier alpha value is -2.30. The predicted octanol–water partition coefficient (Wildman–Crippen LogP) is 7.27. The zero-order valence-corrected chi connectivity index (χ0v) is 18.3. The van der Waals surface area contributed by atoms with Crippen molar-refractivity contribution in [2.45, 2.75) is 10.7 Å². The number of aromatic nitrogens is 2. The van der Waals surface area contributed by atoms with Crippen molar-refractivity contribution in [1.29, 1.82) is 0 Å². The van der Waals surface area contributed by atoms with E-state index in [-0.39, 0.29) is 0 Å². The minimum Gasteiger partial charge on any atom is -0.246 e. The first-order valence-corrected chi connectivity index (χ1v) is 11.3. The van der Waals surface area contributed by atoms with Gasteiger partial charge in [-0.25, -0.2) is 9.97 Å². The molecule has 2 aromatic heterocycles. The lowest BCUT2D eigenvalue weighted by atomic mass is 10.1. The van der Waals surface area contributed by atoms with E-state index in [9.17, 15) is 0 Å². The summed E-state index contributed by atoms with van der Waals surface area (Å²) in [6, 6.07) is 29.1. The summed E-state index contributed by atoms with van der Waals surface area (Å²) in [6.07, 6.45) is 0. The van der Waals surface area contributed by atoms with Crippen molar-refractivity contribution in [3.05, 3.63) is 96.1 Å². The van der Waals surface area contributed by atoms with Crippen molar-refractivity contribution in [3.63, 3.8) is 0 Å². The number of alkyl halides is 2. The van der Waals surface area contributed by atoms with Gasteiger partial charge in [-0.3, -0.25) is 0 Å². The lowest BCUT2D eigenvalue weighted by molar-refractivity contribution is 1.25. The van der Waals surface area contributed by atoms with Crippen molar-refractivity contribution in [2.75, 3.05) is 0 Å². The number of rotatable bonds is 5. The van der Waals surface area contributed by atoms with E-state index in [1.165, 1.54) is 11.1 Å². The minimum atomic E-state index is 0.855. The summed E-state index contributed by atoms with van der Waals surface area (Å²) in [5.41, 5.74) is 8.36. The maximum absolute atomic E-state index is 4.85. The van der Waals surface area contributed by atoms with Crippen LogP contribution in [0, 0.1) is 0 Å². The number of hydrogen-bond acceptors (Lipinski definition) is 2. The topological polar surface area (TPSA) is 25.8 Å². The maximum atomic E-state index is 4.85. The van der Waals surface area contributed by atoms with Crippen molar-refractivity contribution < 1.29 is 0 Å². The molecule has 4 aromatic rings. The molecule has 4 rings (SSSR count). The lowest BCUT2D eigenvalue weighted by Crippen LogP contribution is -1.92. The summed E-state index contributed by atoms with van der Waals surface area (Å²) in [7, 11) is 0. The first-order chi connectivity index (χ1) is 13.8. The summed E-state index contributed by atoms with van der Waals surface area (Å²) >= 11 is 6.98. The third kappa shape index (κ3) is 4.23. The highest BCUT2D eigenvalue weighted by Crippen LogP contribution is 2.25. The van der Waals surface area contributed by atoms with E-state index in [1.54, 1.807) is 0 Å². The minimum absolute atomic E-state index is 0.855. The van der Waals surface area contributed by atoms with Crippen molar-refractivity contribution >= 4 is 31.9 Å². The largest absolute Gasteiger partial charge is 0.246 e. The molecule has 0 amide bonds. The van der Waals surface area contributed by atoms with Gasteiger partial charge in [0.2, 0.25) is 0 Å². The number of benzene rings is 2. The summed E-state index contributed by atoms with van der Waals surface area (Å²) in [6.45, 7) is 0. The molecule has 0 saturated carbocycles. The van der Waals surface area contributed by atoms with Crippen LogP contribution in [-0.4, -0.2) is 9.97 Å². The van der Waals surface area contributed by atoms with Gasteiger partial charge in [-0.05, 0) is 35.4 Å². The third-order valence-electron chi connectivity index (χ3n) is 4.57. The highest BCUT2D eigenvalue weighted by Gasteiger charge is 2.07. The number of halogens is 2. The summed E-state index contributed by atoms with van der Waals surface area (Å²) in [4.78, 5) is 9.70. The molecule has 0 spiro atoms. The SMILES string of the molecule is BrCc1ccc(-c2cccc(-c3cccc(-c4ccc(CBr)cc4)n3)n2)cc1. The van der Waals surface area contributed by atoms with Crippen LogP contribution in [0.15, 0.2) is 84.9 Å². The number of hydrogen-bond donors (Lipinski definition) is 0. The van der Waals surface area contributed by atoms with Crippen molar-refractivity contribution in [3.8, 4) is 33.9 Å². The fraction of sp³-hybridized carbons (Fsp3) is 0.0833. The second-order valence-corrected chi connectivity index (χ2v) is 7.60. The molecule has 138 valence electrons. The van der Waals surface area contributed by atoms with Gasteiger partial charge in [0.15, 0.2) is 0 Å². The molecule has 2 heterocycles. The van der Waals surface area contributed by atoms with Crippen LogP contribution in [0.3, 0.4) is 0 Å². The second kappa shape index (κ2) is 8.80. The van der Waals surface area contributed by atoms with Gasteiger partial charge in [-0.2, -0.15) is 0 Å². The van der Waals surface area contributed by atoms with Crippen LogP contribution >= 0.6 is 31.9 Å². The molecular formula is C24H18Br2N2. The maximum Gasteiger partial charge on any atom is 0.0893 e. The van der Waals surface area contributed by atoms with E-state index >= 15 is 0 Å². The Balaban J connectivity index is 1.67. The highest BCUT2D eigenvalue weighted by atomic mass is 79.9. The molecule has 0 unspecified atom stereocenters. The van der Waals surface area contributed by atoms with Gasteiger partial charge in [0.1, 0.15) is 0 Å². The summed E-state index contributed by atoms with van der Waals surface area (Å²) in [5.74, 6) is 0. The molecule has 0 aliphatic rings. The Morgan fingerprint density at radius 2 is 0.821 bits per heavy atom. The zero-order chi connectivity index (χ0) is 19.3. The van der Waals surface area contributed by atoms with Crippen LogP contribution in [0.25, 0.3) is 33.9 Å². The van der Waals surface area contributed by atoms with Gasteiger partial charge >= 0.3 is 0 Å². The van der Waals surface area contributed by atoms with Crippen molar-refractivity contribution in [2.24, 2.45) is 0 Å². The second-order valence-electron chi connectivity index (χ2n) is 6.48. The Kier molecular flexibility index (Phi) is 5.98. The predicted molar refractivity (Wildman–Crippen MR) is 124 cm³/mol. The zero-order valence-electron chi connectivity index (χ0n) is 15.1. The smallest absolute Gasteiger partial charge is 0.0893 e. The van der Waals surface area contributed by atoms with E-state index in [1.807, 2.05) is 36.4 Å². The monoisotopic (exact) mass is 492 g/mol. The van der Waals surface area contributed by atoms with E-state index in [0.29, 0.717) is 0 Å². The Bertz CT molecular complexity index is 985. The third-order valence-corrected chi connectivity index (χ3v) is 5.86. The molecule has 4 heteroatoms. The molecular weight excluding hydrogens is 476 g/mol. The van der Waals surface area contributed by atoms with E-state index in [0.717, 1.165) is 44.6 Å². The van der Waals surface area contributed by atoms with E-state index in [2.05, 4.69) is 80.4 Å². The standard InChI is InChI=1S/C24H18Br2N2/c25-15-17-7-11-19(12-8-17)21-3-1-5-23(27-21)24-6-2-4-22(28-24)20-13-9-18(16-26)10-14-20/h1-14H,15-16H2. The van der Waals surface area contributed by atoms with Crippen LogP contribution < -0.4 is 0 Å². The van der Waals surface area contributed by atoms with Crippen LogP contribution in [0.1, 0.15) is 11.1 Å². The molecule has 28 heavy (non-hydrogen) atoms. The van der Waals surface area contributed by atoms with Crippen LogP contribution in [0.5, 0.6) is 0 Å². The molecule has 0 aliphatic carbocycles. The van der Waals surface area contributed by atoms with Gasteiger partial charge in [-0.1, -0.05) is 92.5 Å². The summed E-state index contributed by atoms with van der Waals surface area (Å²) in [5, 5.41) is 1.71. The molecule has 0 bridgehead atoms. The summed E-state index contributed by atoms with van der Waals surface area (Å²) < 4.78 is 0. The van der Waals surface area contributed by atoms with Crippen LogP contribution in [0.4, 0.5) is 0 Å². The van der Waals surface area contributed by atoms with Gasteiger partial charge < -0.3 is 0 Å². The van der Waals surface area contributed by atoms with Gasteiger partial charge in [0.05, 0.1) is 22.8 Å². The normalized spacial score (nSPS) is 10.8. The lowest BCUT2D eigenvalue weighted by Gasteiger charge is -2.08. The molecule has 2 aromatic carbocycles. The molecule has 0 atom stereocenters. The van der Waals surface area contributed by atoms with E-state index in [4.69, 9.17) is 9.97 Å². The fourth-order valence-electron chi connectivity index (χ4n) is 3.01. The van der Waals surface area contributed by atoms with E-state index < -0.39 is 0 Å². The van der Waals surface area contributed by atoms with Gasteiger partial charge in [-0.15, -0.1) is 0 Å². The first-order valence-electron chi connectivity index (χ1n) is 9.02. The van der Waals surface area contributed by atoms with Crippen LogP contribution in [-0.2, 0) is 10.7 Å². The van der Waals surface area contributed by atoms with Crippen LogP contribution in [0.2, 0.25) is 0 Å². The number of nitrogens with zero attached hydrogens (tertiary/aromatic N) is 2. The quantitative estimate of drug-likeness (QED) is 0.273. The Morgan fingerprint density at radius 1 is 0.464 bits per heavy atom. The molecule has 2 nitrogen and oxygen atoms in total.